The fourth-order valence-electron chi connectivity index (χ4n) is 8.76. The molecule has 7 N–H and O–H groups in total. The van der Waals surface area contributed by atoms with Gasteiger partial charge in [-0.1, -0.05) is 196 Å². The molecule has 92 heavy (non-hydrogen) atoms. The maximum Gasteiger partial charge on any atom is 0.146 e. The molecule has 0 unspecified atom stereocenters. The summed E-state index contributed by atoms with van der Waals surface area (Å²) in [6.45, 7) is 41.9. The molecule has 0 amide bonds. The van der Waals surface area contributed by atoms with Gasteiger partial charge in [0, 0.05) is 118 Å². The molecule has 496 valence electrons. The molecule has 0 radical (unpaired) electrons. The van der Waals surface area contributed by atoms with Crippen molar-refractivity contribution < 1.29 is 4.39 Å². The van der Waals surface area contributed by atoms with Crippen LogP contribution in [0, 0.1) is 54.3 Å². The largest absolute Gasteiger partial charge is 0.361 e. The van der Waals surface area contributed by atoms with Gasteiger partial charge in [-0.3, -0.25) is 0 Å². The zero-order valence-corrected chi connectivity index (χ0v) is 62.9. The molecule has 0 bridgehead atoms. The van der Waals surface area contributed by atoms with Crippen LogP contribution in [0.1, 0.15) is 136 Å². The molecule has 0 aliphatic heterocycles. The SMILES string of the molecule is CC.CC.CC.CC.CC.CC.CC.Cc1c(Cl)ccc2cc[nH]c12.Cc1cc(Cl)c2[nH]ccc2c1.Cc1cc(Cl)cc2[nH]ccc12.Cc1cc2cc[nH]c2c(Cl)c1F.Cc1cc2cc[nH]c2cc1Cl.Cc1ccc(Cl)c2cc[nH]c12.Cc1ccc2[nH]ccc2c1Cl. The van der Waals surface area contributed by atoms with E-state index in [-0.39, 0.29) is 10.8 Å². The summed E-state index contributed by atoms with van der Waals surface area (Å²) in [6.07, 6.45) is 13.2. The standard InChI is InChI=1S/C9H7ClFN.6C9H8ClN.7C2H6/c1-5-4-6-2-3-12-9(6)7(10)8(5)11;1-6-4-7(10)5-9-8(6)2-3-11-9;1-6-4-7-2-3-11-9(7)5-8(6)10;1-6-4-7-2-3-11-9(7)8(10)5-6;1-6-8(10)3-2-7-4-5-11-9(6)7;1-6-2-3-8-7(9(6)10)4-5-11-8;1-6-2-3-8(10)7-4-5-11-9(6)7;7*1-2/h2-4,12H,1H3;6*2-5,11H,1H3;7*1-2H3. The van der Waals surface area contributed by atoms with Gasteiger partial charge in [-0.05, 0) is 201 Å². The van der Waals surface area contributed by atoms with Crippen molar-refractivity contribution in [3.63, 3.8) is 0 Å². The number of hydrogen-bond donors (Lipinski definition) is 7. The second kappa shape index (κ2) is 44.8. The Bertz CT molecular complexity index is 4090. The van der Waals surface area contributed by atoms with Crippen LogP contribution in [0.25, 0.3) is 76.3 Å². The molecule has 0 saturated heterocycles. The zero-order chi connectivity index (χ0) is 69.8. The monoisotopic (exact) mass is 1380 g/mol. The highest BCUT2D eigenvalue weighted by molar-refractivity contribution is 6.37. The third-order valence-corrected chi connectivity index (χ3v) is 15.5. The van der Waals surface area contributed by atoms with Crippen LogP contribution in [0.2, 0.25) is 35.2 Å². The number of aromatic amines is 7. The molecule has 0 atom stereocenters. The van der Waals surface area contributed by atoms with Crippen molar-refractivity contribution in [2.75, 3.05) is 0 Å². The molecule has 15 heteroatoms. The topological polar surface area (TPSA) is 111 Å². The molecule has 0 aliphatic rings. The Hall–Kier alpha value is -6.72. The summed E-state index contributed by atoms with van der Waals surface area (Å²) < 4.78 is 13.2. The van der Waals surface area contributed by atoms with E-state index in [1.54, 1.807) is 19.2 Å². The maximum absolute atomic E-state index is 13.2. The predicted molar refractivity (Wildman–Crippen MR) is 416 cm³/mol. The zero-order valence-electron chi connectivity index (χ0n) is 57.6. The number of aromatic nitrogens is 7. The lowest BCUT2D eigenvalue weighted by Crippen LogP contribution is -1.84. The van der Waals surface area contributed by atoms with Crippen molar-refractivity contribution in [2.24, 2.45) is 0 Å². The van der Waals surface area contributed by atoms with Crippen molar-refractivity contribution in [3.05, 3.63) is 245 Å². The van der Waals surface area contributed by atoms with Crippen molar-refractivity contribution in [1.82, 2.24) is 34.9 Å². The number of halogens is 8. The van der Waals surface area contributed by atoms with Gasteiger partial charge in [0.2, 0.25) is 0 Å². The summed E-state index contributed by atoms with van der Waals surface area (Å²) in [7, 11) is 0. The van der Waals surface area contributed by atoms with E-state index in [9.17, 15) is 4.39 Å². The number of aryl methyl sites for hydroxylation is 7. The molecule has 7 aromatic heterocycles. The molecule has 7 heterocycles. The lowest BCUT2D eigenvalue weighted by Gasteiger charge is -1.99. The first-order valence-electron chi connectivity index (χ1n) is 31.7. The Balaban J connectivity index is 0.000000519. The molecule has 0 saturated carbocycles. The Morgan fingerprint density at radius 2 is 0.739 bits per heavy atom. The average molecular weight is 1390 g/mol. The molecule has 0 aliphatic carbocycles. The van der Waals surface area contributed by atoms with E-state index in [0.717, 1.165) is 96.1 Å². The van der Waals surface area contributed by atoms with Crippen molar-refractivity contribution in [1.29, 1.82) is 0 Å². The van der Waals surface area contributed by atoms with Crippen LogP contribution in [0.3, 0.4) is 0 Å². The van der Waals surface area contributed by atoms with Gasteiger partial charge in [0.15, 0.2) is 0 Å². The number of rotatable bonds is 0. The Morgan fingerprint density at radius 1 is 0.272 bits per heavy atom. The minimum atomic E-state index is -0.341. The maximum atomic E-state index is 13.2. The van der Waals surface area contributed by atoms with Crippen molar-refractivity contribution in [3.8, 4) is 0 Å². The molecular formula is C77H97Cl7FN7. The van der Waals surface area contributed by atoms with Gasteiger partial charge >= 0.3 is 0 Å². The third kappa shape index (κ3) is 23.7. The normalized spacial score (nSPS) is 9.58. The van der Waals surface area contributed by atoms with Gasteiger partial charge in [-0.2, -0.15) is 0 Å². The van der Waals surface area contributed by atoms with Gasteiger partial charge in [-0.25, -0.2) is 4.39 Å². The van der Waals surface area contributed by atoms with E-state index in [1.807, 2.05) is 259 Å². The molecule has 7 nitrogen and oxygen atoms in total. The first-order valence-corrected chi connectivity index (χ1v) is 34.3. The Morgan fingerprint density at radius 3 is 1.37 bits per heavy atom. The van der Waals surface area contributed by atoms with E-state index in [1.165, 1.54) is 38.2 Å². The summed E-state index contributed by atoms with van der Waals surface area (Å²) in [4.78, 5) is 21.6. The van der Waals surface area contributed by atoms with Gasteiger partial charge < -0.3 is 34.9 Å². The fourth-order valence-corrected chi connectivity index (χ4v) is 10.5. The second-order valence-corrected chi connectivity index (χ2v) is 21.5. The van der Waals surface area contributed by atoms with E-state index in [0.29, 0.717) is 11.1 Å². The summed E-state index contributed by atoms with van der Waals surface area (Å²) in [5, 5.41) is 13.1. The summed E-state index contributed by atoms with van der Waals surface area (Å²) in [5.41, 5.74) is 14.9. The van der Waals surface area contributed by atoms with Gasteiger partial charge in [0.1, 0.15) is 10.8 Å². The third-order valence-electron chi connectivity index (χ3n) is 13.0. The molecule has 7 aromatic carbocycles. The Labute approximate surface area is 582 Å². The molecule has 0 fully saturated rings. The smallest absolute Gasteiger partial charge is 0.146 e. The Kier molecular flexibility index (Phi) is 40.5. The van der Waals surface area contributed by atoms with Gasteiger partial charge in [0.25, 0.3) is 0 Å². The second-order valence-electron chi connectivity index (χ2n) is 18.7. The van der Waals surface area contributed by atoms with Crippen LogP contribution in [0.4, 0.5) is 4.39 Å². The van der Waals surface area contributed by atoms with Crippen LogP contribution >= 0.6 is 81.2 Å². The predicted octanol–water partition coefficient (Wildman–Crippen LogP) is 29.2. The number of H-pyrrole nitrogens is 7. The minimum absolute atomic E-state index is 0.176. The van der Waals surface area contributed by atoms with E-state index < -0.39 is 0 Å². The summed E-state index contributed by atoms with van der Waals surface area (Å²) >= 11 is 41.4. The van der Waals surface area contributed by atoms with Crippen molar-refractivity contribution in [2.45, 2.75) is 145 Å². The first kappa shape index (κ1) is 83.3. The lowest BCUT2D eigenvalue weighted by atomic mass is 10.1. The number of hydrogen-bond acceptors (Lipinski definition) is 0. The highest BCUT2D eigenvalue weighted by Gasteiger charge is 2.09. The van der Waals surface area contributed by atoms with Crippen molar-refractivity contribution >= 4 is 158 Å². The van der Waals surface area contributed by atoms with Crippen LogP contribution in [0.15, 0.2) is 165 Å². The highest BCUT2D eigenvalue weighted by atomic mass is 35.5. The van der Waals surface area contributed by atoms with Crippen LogP contribution in [0.5, 0.6) is 0 Å². The quantitative estimate of drug-likeness (QED) is 0.0785. The lowest BCUT2D eigenvalue weighted by molar-refractivity contribution is 0.620. The van der Waals surface area contributed by atoms with E-state index >= 15 is 0 Å². The minimum Gasteiger partial charge on any atom is -0.361 e. The number of benzene rings is 7. The van der Waals surface area contributed by atoms with Crippen LogP contribution in [-0.4, -0.2) is 34.9 Å². The number of nitrogens with one attached hydrogen (secondary N) is 7. The summed E-state index contributed by atoms with van der Waals surface area (Å²) in [6, 6.07) is 39.7. The molecule has 0 spiro atoms. The van der Waals surface area contributed by atoms with Crippen LogP contribution < -0.4 is 0 Å². The van der Waals surface area contributed by atoms with Gasteiger partial charge in [-0.15, -0.1) is 0 Å². The molecule has 14 aromatic rings. The fraction of sp³-hybridized carbons (Fsp3) is 0.273. The number of fused-ring (bicyclic) bond motifs is 7. The highest BCUT2D eigenvalue weighted by Crippen LogP contribution is 2.30. The molecule has 14 rings (SSSR count). The van der Waals surface area contributed by atoms with E-state index in [4.69, 9.17) is 81.2 Å². The van der Waals surface area contributed by atoms with E-state index in [2.05, 4.69) is 66.9 Å². The van der Waals surface area contributed by atoms with Gasteiger partial charge in [0.05, 0.1) is 21.1 Å². The summed E-state index contributed by atoms with van der Waals surface area (Å²) in [5.74, 6) is -0.341. The first-order chi connectivity index (χ1) is 44.4. The molecular weight excluding hydrogens is 1290 g/mol. The average Bonchev–Trinajstić information content (AvgIpc) is 2.17. The van der Waals surface area contributed by atoms with Crippen LogP contribution in [-0.2, 0) is 0 Å².